The van der Waals surface area contributed by atoms with Gasteiger partial charge in [0.2, 0.25) is 0 Å². The highest BCUT2D eigenvalue weighted by Gasteiger charge is 2.13. The maximum absolute atomic E-state index is 11.6. The van der Waals surface area contributed by atoms with E-state index in [1.807, 2.05) is 0 Å². The third kappa shape index (κ3) is 3.53. The fourth-order valence-electron chi connectivity index (χ4n) is 1.10. The minimum atomic E-state index is 0.520. The Morgan fingerprint density at radius 1 is 0.778 bits per heavy atom. The van der Waals surface area contributed by atoms with Gasteiger partial charge in [-0.25, -0.2) is 0 Å². The zero-order valence-electron chi connectivity index (χ0n) is 8.75. The molecule has 0 unspecified atom stereocenters. The van der Waals surface area contributed by atoms with Gasteiger partial charge in [-0.1, -0.05) is 0 Å². The second-order valence-electron chi connectivity index (χ2n) is 3.19. The van der Waals surface area contributed by atoms with Gasteiger partial charge in [-0.05, 0) is 44.0 Å². The molecule has 0 aromatic carbocycles. The van der Waals surface area contributed by atoms with Crippen molar-refractivity contribution in [2.24, 2.45) is 0 Å². The SMILES string of the molecule is [O-][n+]1cc(Br)ccc1SSc1ccc(Br)c[n+]1[O-]. The summed E-state index contributed by atoms with van der Waals surface area (Å²) < 4.78 is 2.95. The molecule has 0 atom stereocenters. The van der Waals surface area contributed by atoms with Crippen LogP contribution in [0.15, 0.2) is 55.7 Å². The van der Waals surface area contributed by atoms with Crippen LogP contribution in [-0.4, -0.2) is 0 Å². The van der Waals surface area contributed by atoms with Crippen molar-refractivity contribution in [3.63, 3.8) is 0 Å². The van der Waals surface area contributed by atoms with Crippen LogP contribution in [0.3, 0.4) is 0 Å². The Labute approximate surface area is 128 Å². The molecule has 0 radical (unpaired) electrons. The Morgan fingerprint density at radius 2 is 1.17 bits per heavy atom. The van der Waals surface area contributed by atoms with Gasteiger partial charge in [0.25, 0.3) is 10.1 Å². The monoisotopic (exact) mass is 408 g/mol. The van der Waals surface area contributed by atoms with Crippen molar-refractivity contribution in [1.82, 2.24) is 0 Å². The van der Waals surface area contributed by atoms with Crippen LogP contribution in [0.25, 0.3) is 0 Å². The second-order valence-corrected chi connectivity index (χ2v) is 7.19. The van der Waals surface area contributed by atoms with Crippen LogP contribution in [0.2, 0.25) is 0 Å². The number of pyridine rings is 2. The third-order valence-electron chi connectivity index (χ3n) is 1.90. The van der Waals surface area contributed by atoms with Crippen LogP contribution < -0.4 is 9.46 Å². The topological polar surface area (TPSA) is 53.9 Å². The summed E-state index contributed by atoms with van der Waals surface area (Å²) in [5, 5.41) is 24.2. The highest BCUT2D eigenvalue weighted by atomic mass is 79.9. The van der Waals surface area contributed by atoms with E-state index in [9.17, 15) is 10.4 Å². The summed E-state index contributed by atoms with van der Waals surface area (Å²) in [6.07, 6.45) is 2.85. The second kappa shape index (κ2) is 6.14. The molecule has 8 heteroatoms. The van der Waals surface area contributed by atoms with Gasteiger partial charge in [0.15, 0.2) is 12.4 Å². The molecule has 0 saturated heterocycles. The van der Waals surface area contributed by atoms with E-state index in [2.05, 4.69) is 31.9 Å². The Balaban J connectivity index is 2.11. The lowest BCUT2D eigenvalue weighted by atomic mass is 10.5. The van der Waals surface area contributed by atoms with Crippen LogP contribution in [0.1, 0.15) is 0 Å². The predicted octanol–water partition coefficient (Wildman–Crippen LogP) is 3.28. The molecule has 2 aromatic rings. The fraction of sp³-hybridized carbons (Fsp3) is 0. The Kier molecular flexibility index (Phi) is 4.77. The first-order chi connectivity index (χ1) is 8.56. The lowest BCUT2D eigenvalue weighted by Crippen LogP contribution is -2.29. The van der Waals surface area contributed by atoms with E-state index in [1.54, 1.807) is 24.3 Å². The Bertz CT molecular complexity index is 532. The number of halogens is 2. The summed E-state index contributed by atoms with van der Waals surface area (Å²) >= 11 is 6.43. The van der Waals surface area contributed by atoms with Gasteiger partial charge in [-0.15, -0.1) is 0 Å². The van der Waals surface area contributed by atoms with E-state index in [0.29, 0.717) is 10.1 Å². The zero-order chi connectivity index (χ0) is 13.1. The van der Waals surface area contributed by atoms with Crippen molar-refractivity contribution in [2.45, 2.75) is 10.1 Å². The highest BCUT2D eigenvalue weighted by molar-refractivity contribution is 9.10. The first kappa shape index (κ1) is 14.0. The van der Waals surface area contributed by atoms with Gasteiger partial charge in [-0.3, -0.25) is 0 Å². The van der Waals surface area contributed by atoms with E-state index in [1.165, 1.54) is 34.0 Å². The molecule has 0 N–H and O–H groups in total. The van der Waals surface area contributed by atoms with Crippen molar-refractivity contribution < 1.29 is 9.46 Å². The van der Waals surface area contributed by atoms with E-state index in [0.717, 1.165) is 18.4 Å². The molecule has 0 fully saturated rings. The minimum Gasteiger partial charge on any atom is -0.618 e. The minimum absolute atomic E-state index is 0.520. The van der Waals surface area contributed by atoms with E-state index in [4.69, 9.17) is 0 Å². The van der Waals surface area contributed by atoms with Gasteiger partial charge >= 0.3 is 0 Å². The normalized spacial score (nSPS) is 10.6. The summed E-state index contributed by atoms with van der Waals surface area (Å²) in [6.45, 7) is 0. The fourth-order valence-corrected chi connectivity index (χ4v) is 3.69. The summed E-state index contributed by atoms with van der Waals surface area (Å²) in [6, 6.07) is 6.96. The van der Waals surface area contributed by atoms with E-state index in [-0.39, 0.29) is 0 Å². The van der Waals surface area contributed by atoms with Crippen molar-refractivity contribution in [3.05, 3.63) is 56.0 Å². The maximum atomic E-state index is 11.6. The summed E-state index contributed by atoms with van der Waals surface area (Å²) in [5.74, 6) is 0. The van der Waals surface area contributed by atoms with Crippen molar-refractivity contribution >= 4 is 53.4 Å². The standard InChI is InChI=1S/C10H6Br2N2O2S2/c11-7-1-3-9(13(15)5-7)17-18-10-4-2-8(12)6-14(10)16/h1-6H. The number of hydrogen-bond donors (Lipinski definition) is 0. The molecular formula is C10H6Br2N2O2S2. The number of rotatable bonds is 3. The molecular weight excluding hydrogens is 404 g/mol. The maximum Gasteiger partial charge on any atom is 0.262 e. The molecule has 2 aromatic heterocycles. The highest BCUT2D eigenvalue weighted by Crippen LogP contribution is 2.34. The molecule has 0 spiro atoms. The van der Waals surface area contributed by atoms with Crippen LogP contribution in [-0.2, 0) is 0 Å². The Morgan fingerprint density at radius 3 is 1.50 bits per heavy atom. The number of hydrogen-bond acceptors (Lipinski definition) is 4. The van der Waals surface area contributed by atoms with Gasteiger partial charge < -0.3 is 10.4 Å². The van der Waals surface area contributed by atoms with Crippen molar-refractivity contribution in [1.29, 1.82) is 0 Å². The number of aromatic nitrogens is 2. The summed E-state index contributed by atoms with van der Waals surface area (Å²) in [5.41, 5.74) is 0. The zero-order valence-corrected chi connectivity index (χ0v) is 13.6. The molecule has 94 valence electrons. The van der Waals surface area contributed by atoms with Crippen LogP contribution >= 0.6 is 53.4 Å². The van der Waals surface area contributed by atoms with Crippen LogP contribution in [0.4, 0.5) is 0 Å². The Hall–Kier alpha value is -0.440. The molecule has 0 aliphatic rings. The van der Waals surface area contributed by atoms with Gasteiger partial charge in [0.1, 0.15) is 0 Å². The molecule has 0 bridgehead atoms. The molecule has 0 saturated carbocycles. The molecule has 0 aliphatic carbocycles. The molecule has 2 heterocycles. The van der Waals surface area contributed by atoms with E-state index >= 15 is 0 Å². The summed E-state index contributed by atoms with van der Waals surface area (Å²) in [4.78, 5) is 0. The smallest absolute Gasteiger partial charge is 0.262 e. The first-order valence-electron chi connectivity index (χ1n) is 4.68. The third-order valence-corrected chi connectivity index (χ3v) is 5.17. The molecule has 0 amide bonds. The quantitative estimate of drug-likeness (QED) is 0.443. The molecule has 4 nitrogen and oxygen atoms in total. The molecule has 2 rings (SSSR count). The first-order valence-corrected chi connectivity index (χ1v) is 8.42. The average Bonchev–Trinajstić information content (AvgIpc) is 2.30. The van der Waals surface area contributed by atoms with Gasteiger partial charge in [0, 0.05) is 33.7 Å². The predicted molar refractivity (Wildman–Crippen MR) is 77.9 cm³/mol. The van der Waals surface area contributed by atoms with Crippen molar-refractivity contribution in [2.75, 3.05) is 0 Å². The van der Waals surface area contributed by atoms with Crippen LogP contribution in [0, 0.1) is 10.4 Å². The van der Waals surface area contributed by atoms with Gasteiger partial charge in [-0.2, -0.15) is 9.46 Å². The van der Waals surface area contributed by atoms with Crippen LogP contribution in [0.5, 0.6) is 0 Å². The number of nitrogens with zero attached hydrogens (tertiary/aromatic N) is 2. The molecule has 18 heavy (non-hydrogen) atoms. The summed E-state index contributed by atoms with van der Waals surface area (Å²) in [7, 11) is 2.48. The van der Waals surface area contributed by atoms with Gasteiger partial charge in [0.05, 0.1) is 8.95 Å². The lowest BCUT2D eigenvalue weighted by Gasteiger charge is -2.04. The molecule has 0 aliphatic heterocycles. The largest absolute Gasteiger partial charge is 0.618 e. The average molecular weight is 410 g/mol. The lowest BCUT2D eigenvalue weighted by molar-refractivity contribution is -0.647. The van der Waals surface area contributed by atoms with E-state index < -0.39 is 0 Å². The van der Waals surface area contributed by atoms with Crippen molar-refractivity contribution in [3.8, 4) is 0 Å².